The molecule has 0 heterocycles. The number of rotatable bonds is 5. The summed E-state index contributed by atoms with van der Waals surface area (Å²) in [5.74, 6) is 0.918. The summed E-state index contributed by atoms with van der Waals surface area (Å²) in [6.45, 7) is 5.41. The predicted molar refractivity (Wildman–Crippen MR) is 81.9 cm³/mol. The van der Waals surface area contributed by atoms with Gasteiger partial charge in [0.1, 0.15) is 0 Å². The van der Waals surface area contributed by atoms with Crippen LogP contribution in [0.3, 0.4) is 0 Å². The van der Waals surface area contributed by atoms with Crippen molar-refractivity contribution in [3.8, 4) is 0 Å². The smallest absolute Gasteiger partial charge is 0.0334 e. The van der Waals surface area contributed by atoms with Gasteiger partial charge >= 0.3 is 0 Å². The molecule has 1 aliphatic rings. The van der Waals surface area contributed by atoms with Crippen molar-refractivity contribution in [1.82, 2.24) is 5.32 Å². The Kier molecular flexibility index (Phi) is 5.25. The first-order valence-electron chi connectivity index (χ1n) is 7.20. The van der Waals surface area contributed by atoms with E-state index < -0.39 is 0 Å². The second-order valence-corrected chi connectivity index (χ2v) is 6.38. The van der Waals surface area contributed by atoms with E-state index in [-0.39, 0.29) is 0 Å². The lowest BCUT2D eigenvalue weighted by Gasteiger charge is -2.23. The van der Waals surface area contributed by atoms with Crippen molar-refractivity contribution in [2.45, 2.75) is 52.0 Å². The van der Waals surface area contributed by atoms with Crippen molar-refractivity contribution >= 4 is 15.9 Å². The fourth-order valence-corrected chi connectivity index (χ4v) is 3.60. The molecule has 0 aliphatic heterocycles. The molecule has 1 atom stereocenters. The standard InChI is InChI=1S/C16H24BrN/c1-3-18-16(11-13-6-4-5-7-13)14-10-12(2)8-9-15(14)17/h8-10,13,16,18H,3-7,11H2,1-2H3. The summed E-state index contributed by atoms with van der Waals surface area (Å²) in [5, 5.41) is 3.66. The van der Waals surface area contributed by atoms with E-state index in [1.54, 1.807) is 0 Å². The minimum absolute atomic E-state index is 0.507. The highest BCUT2D eigenvalue weighted by molar-refractivity contribution is 9.10. The maximum atomic E-state index is 3.71. The van der Waals surface area contributed by atoms with Gasteiger partial charge in [0.05, 0.1) is 0 Å². The zero-order valence-corrected chi connectivity index (χ0v) is 13.1. The van der Waals surface area contributed by atoms with E-state index in [4.69, 9.17) is 0 Å². The summed E-state index contributed by atoms with van der Waals surface area (Å²) < 4.78 is 1.25. The van der Waals surface area contributed by atoms with Crippen LogP contribution in [0.5, 0.6) is 0 Å². The van der Waals surface area contributed by atoms with E-state index in [1.807, 2.05) is 0 Å². The van der Waals surface area contributed by atoms with Crippen LogP contribution in [0.25, 0.3) is 0 Å². The molecule has 1 nitrogen and oxygen atoms in total. The van der Waals surface area contributed by atoms with E-state index in [0.717, 1.165) is 12.5 Å². The van der Waals surface area contributed by atoms with Crippen molar-refractivity contribution < 1.29 is 0 Å². The van der Waals surface area contributed by atoms with Crippen molar-refractivity contribution in [1.29, 1.82) is 0 Å². The van der Waals surface area contributed by atoms with Crippen LogP contribution in [0.4, 0.5) is 0 Å². The maximum Gasteiger partial charge on any atom is 0.0334 e. The Bertz CT molecular complexity index is 383. The lowest BCUT2D eigenvalue weighted by molar-refractivity contribution is 0.400. The van der Waals surface area contributed by atoms with Crippen molar-refractivity contribution in [2.24, 2.45) is 5.92 Å². The van der Waals surface area contributed by atoms with Crippen molar-refractivity contribution in [3.63, 3.8) is 0 Å². The quantitative estimate of drug-likeness (QED) is 0.808. The predicted octanol–water partition coefficient (Wildman–Crippen LogP) is 4.99. The SMILES string of the molecule is CCNC(CC1CCCC1)c1cc(C)ccc1Br. The highest BCUT2D eigenvalue weighted by atomic mass is 79.9. The Morgan fingerprint density at radius 1 is 1.33 bits per heavy atom. The molecule has 1 N–H and O–H groups in total. The molecule has 0 amide bonds. The molecule has 1 saturated carbocycles. The van der Waals surface area contributed by atoms with Gasteiger partial charge in [-0.15, -0.1) is 0 Å². The molecule has 1 fully saturated rings. The highest BCUT2D eigenvalue weighted by Gasteiger charge is 2.22. The number of halogens is 1. The number of hydrogen-bond acceptors (Lipinski definition) is 1. The van der Waals surface area contributed by atoms with Crippen LogP contribution in [-0.2, 0) is 0 Å². The van der Waals surface area contributed by atoms with Crippen LogP contribution in [0, 0.1) is 12.8 Å². The third kappa shape index (κ3) is 3.58. The zero-order chi connectivity index (χ0) is 13.0. The summed E-state index contributed by atoms with van der Waals surface area (Å²) in [4.78, 5) is 0. The highest BCUT2D eigenvalue weighted by Crippen LogP contribution is 2.35. The lowest BCUT2D eigenvalue weighted by atomic mass is 9.93. The van der Waals surface area contributed by atoms with E-state index in [1.165, 1.54) is 47.7 Å². The van der Waals surface area contributed by atoms with Crippen LogP contribution in [0.15, 0.2) is 22.7 Å². The summed E-state index contributed by atoms with van der Waals surface area (Å²) in [6.07, 6.45) is 6.99. The van der Waals surface area contributed by atoms with Crippen LogP contribution in [0.2, 0.25) is 0 Å². The Balaban J connectivity index is 2.14. The Morgan fingerprint density at radius 3 is 2.72 bits per heavy atom. The van der Waals surface area contributed by atoms with Gasteiger partial charge in [-0.05, 0) is 37.4 Å². The topological polar surface area (TPSA) is 12.0 Å². The molecule has 1 aliphatic carbocycles. The molecule has 0 aromatic heterocycles. The zero-order valence-electron chi connectivity index (χ0n) is 11.5. The fourth-order valence-electron chi connectivity index (χ4n) is 3.08. The third-order valence-corrected chi connectivity index (χ3v) is 4.74. The molecule has 2 heteroatoms. The molecule has 0 spiro atoms. The lowest BCUT2D eigenvalue weighted by Crippen LogP contribution is -2.23. The van der Waals surface area contributed by atoms with E-state index in [2.05, 4.69) is 53.3 Å². The number of aryl methyl sites for hydroxylation is 1. The van der Waals surface area contributed by atoms with Crippen LogP contribution in [-0.4, -0.2) is 6.54 Å². The molecule has 2 rings (SSSR count). The number of hydrogen-bond donors (Lipinski definition) is 1. The Hall–Kier alpha value is -0.340. The van der Waals surface area contributed by atoms with Gasteiger partial charge in [-0.3, -0.25) is 0 Å². The van der Waals surface area contributed by atoms with Gasteiger partial charge in [0.15, 0.2) is 0 Å². The molecular formula is C16H24BrN. The first-order chi connectivity index (χ1) is 8.70. The fraction of sp³-hybridized carbons (Fsp3) is 0.625. The molecule has 1 aromatic carbocycles. The second-order valence-electron chi connectivity index (χ2n) is 5.52. The van der Waals surface area contributed by atoms with Gasteiger partial charge in [-0.25, -0.2) is 0 Å². The first-order valence-corrected chi connectivity index (χ1v) is 7.99. The average Bonchev–Trinajstić information content (AvgIpc) is 2.85. The second kappa shape index (κ2) is 6.72. The molecule has 100 valence electrons. The van der Waals surface area contributed by atoms with Crippen molar-refractivity contribution in [3.05, 3.63) is 33.8 Å². The largest absolute Gasteiger partial charge is 0.310 e. The van der Waals surface area contributed by atoms with E-state index >= 15 is 0 Å². The number of nitrogens with one attached hydrogen (secondary N) is 1. The number of benzene rings is 1. The average molecular weight is 310 g/mol. The summed E-state index contributed by atoms with van der Waals surface area (Å²) in [5.41, 5.74) is 2.78. The van der Waals surface area contributed by atoms with Gasteiger partial charge in [-0.2, -0.15) is 0 Å². The van der Waals surface area contributed by atoms with Gasteiger partial charge in [0.25, 0.3) is 0 Å². The molecule has 0 saturated heterocycles. The molecule has 1 aromatic rings. The molecule has 18 heavy (non-hydrogen) atoms. The van der Waals surface area contributed by atoms with Crippen molar-refractivity contribution in [2.75, 3.05) is 6.54 Å². The van der Waals surface area contributed by atoms with Crippen LogP contribution < -0.4 is 5.32 Å². The first kappa shape index (κ1) is 14.1. The summed E-state index contributed by atoms with van der Waals surface area (Å²) >= 11 is 3.71. The Morgan fingerprint density at radius 2 is 2.06 bits per heavy atom. The van der Waals surface area contributed by atoms with Crippen LogP contribution in [0.1, 0.15) is 56.2 Å². The van der Waals surface area contributed by atoms with Crippen LogP contribution >= 0.6 is 15.9 Å². The van der Waals surface area contributed by atoms with Gasteiger partial charge in [0, 0.05) is 10.5 Å². The maximum absolute atomic E-state index is 3.71. The monoisotopic (exact) mass is 309 g/mol. The van der Waals surface area contributed by atoms with Gasteiger partial charge in [0.2, 0.25) is 0 Å². The summed E-state index contributed by atoms with van der Waals surface area (Å²) in [6, 6.07) is 7.19. The normalized spacial score (nSPS) is 18.2. The molecule has 1 unspecified atom stereocenters. The van der Waals surface area contributed by atoms with Gasteiger partial charge < -0.3 is 5.32 Å². The molecule has 0 radical (unpaired) electrons. The van der Waals surface area contributed by atoms with E-state index in [0.29, 0.717) is 6.04 Å². The molecule has 0 bridgehead atoms. The minimum atomic E-state index is 0.507. The summed E-state index contributed by atoms with van der Waals surface area (Å²) in [7, 11) is 0. The van der Waals surface area contributed by atoms with Gasteiger partial charge in [-0.1, -0.05) is 66.2 Å². The minimum Gasteiger partial charge on any atom is -0.310 e. The molecular weight excluding hydrogens is 286 g/mol. The van der Waals surface area contributed by atoms with E-state index in [9.17, 15) is 0 Å². The third-order valence-electron chi connectivity index (χ3n) is 4.02. The Labute approximate surface area is 119 Å².